The standard InChI is InChI=1S/C11H15N5O.F6P/c1-8-6-5-7-9-10(8)13-14-16(9)17-11(12-2)15(3)4;1-7(2,3,4,5)6/h5-7H,1-4H3;/q;-1/p+1. The van der Waals surface area contributed by atoms with Gasteiger partial charge in [0.15, 0.2) is 0 Å². The fraction of sp³-hybridized carbons (Fsp3) is 0.364. The Kier molecular flexibility index (Phi) is 4.79. The summed E-state index contributed by atoms with van der Waals surface area (Å²) in [5, 5.41) is 7.02. The van der Waals surface area contributed by atoms with Crippen molar-refractivity contribution in [3.05, 3.63) is 23.8 Å². The van der Waals surface area contributed by atoms with Gasteiger partial charge in [-0.15, -0.1) is 0 Å². The molecule has 0 radical (unpaired) electrons. The third-order valence-corrected chi connectivity index (χ3v) is 2.43. The quantitative estimate of drug-likeness (QED) is 0.271. The van der Waals surface area contributed by atoms with E-state index < -0.39 is 7.81 Å². The number of para-hydroxylation sites is 1. The number of nitrogens with zero attached hydrogens (tertiary/aromatic N) is 4. The number of aromatic nitrogens is 3. The zero-order chi connectivity index (χ0) is 18.8. The van der Waals surface area contributed by atoms with Crippen LogP contribution in [-0.4, -0.2) is 42.4 Å². The molecule has 0 atom stereocenters. The van der Waals surface area contributed by atoms with Crippen LogP contribution in [0.5, 0.6) is 0 Å². The molecule has 0 fully saturated rings. The molecule has 24 heavy (non-hydrogen) atoms. The molecule has 0 unspecified atom stereocenters. The zero-order valence-electron chi connectivity index (χ0n) is 13.1. The molecule has 0 saturated heterocycles. The van der Waals surface area contributed by atoms with Crippen molar-refractivity contribution in [3.63, 3.8) is 0 Å². The van der Waals surface area contributed by atoms with Crippen LogP contribution < -0.4 is 9.68 Å². The Hall–Kier alpha value is -2.10. The summed E-state index contributed by atoms with van der Waals surface area (Å²) in [5.41, 5.74) is 2.87. The molecule has 6 nitrogen and oxygen atoms in total. The van der Waals surface area contributed by atoms with E-state index in [1.54, 1.807) is 11.9 Å². The molecule has 0 saturated carbocycles. The molecule has 1 N–H and O–H groups in total. The molecular weight excluding hydrogens is 363 g/mol. The normalized spacial score (nSPS) is 15.2. The molecular formula is C11H16F6N5OP. The number of hydrogen-bond donors (Lipinski definition) is 1. The van der Waals surface area contributed by atoms with Gasteiger partial charge in [0.1, 0.15) is 0 Å². The van der Waals surface area contributed by atoms with Gasteiger partial charge in [0.05, 0.1) is 0 Å². The molecule has 0 aliphatic carbocycles. The number of halogens is 6. The van der Waals surface area contributed by atoms with Crippen LogP contribution in [0.25, 0.3) is 11.0 Å². The van der Waals surface area contributed by atoms with E-state index in [2.05, 4.69) is 15.3 Å². The number of H-pyrrole nitrogens is 1. The summed E-state index contributed by atoms with van der Waals surface area (Å²) in [6.45, 7) is 2.01. The summed E-state index contributed by atoms with van der Waals surface area (Å²) in [6, 6.07) is 6.41. The first-order valence-electron chi connectivity index (χ1n) is 6.33. The molecule has 138 valence electrons. The summed E-state index contributed by atoms with van der Waals surface area (Å²) in [6.07, 6.45) is 0. The molecule has 0 amide bonds. The Morgan fingerprint density at radius 3 is 2.21 bits per heavy atom. The molecule has 2 aromatic rings. The monoisotopic (exact) mass is 379 g/mol. The van der Waals surface area contributed by atoms with Gasteiger partial charge >= 0.3 is 39.0 Å². The average molecular weight is 379 g/mol. The van der Waals surface area contributed by atoms with Crippen LogP contribution in [0.3, 0.4) is 0 Å². The van der Waals surface area contributed by atoms with E-state index in [-0.39, 0.29) is 0 Å². The van der Waals surface area contributed by atoms with Gasteiger partial charge in [-0.1, -0.05) is 12.1 Å². The number of nitrogens with one attached hydrogen (secondary N) is 1. The topological polar surface area (TPSA) is 57.4 Å². The van der Waals surface area contributed by atoms with Crippen molar-refractivity contribution in [2.75, 3.05) is 21.1 Å². The molecule has 0 spiro atoms. The predicted molar refractivity (Wildman–Crippen MR) is 78.2 cm³/mol. The maximum absolute atomic E-state index is 10.7. The maximum atomic E-state index is 9.87. The van der Waals surface area contributed by atoms with Crippen LogP contribution in [-0.2, 0) is 0 Å². The second kappa shape index (κ2) is 5.76. The number of rotatable bonds is 1. The summed E-state index contributed by atoms with van der Waals surface area (Å²) >= 11 is 0. The number of aromatic amines is 1. The number of aliphatic imine (C=N–C) groups is 1. The molecule has 0 bridgehead atoms. The van der Waals surface area contributed by atoms with Crippen LogP contribution in [0.4, 0.5) is 25.2 Å². The number of amidine groups is 1. The molecule has 2 rings (SSSR count). The fourth-order valence-electron chi connectivity index (χ4n) is 1.58. The van der Waals surface area contributed by atoms with Gasteiger partial charge < -0.3 is 4.90 Å². The van der Waals surface area contributed by atoms with Gasteiger partial charge in [-0.25, -0.2) is 9.83 Å². The molecule has 0 aliphatic rings. The van der Waals surface area contributed by atoms with Gasteiger partial charge in [-0.2, -0.15) is 0 Å². The molecule has 13 heteroatoms. The Morgan fingerprint density at radius 1 is 1.21 bits per heavy atom. The number of aryl methyl sites for hydroxylation is 1. The van der Waals surface area contributed by atoms with Gasteiger partial charge in [0.2, 0.25) is 5.52 Å². The average Bonchev–Trinajstić information content (AvgIpc) is 2.76. The predicted octanol–water partition coefficient (Wildman–Crippen LogP) is 3.52. The summed E-state index contributed by atoms with van der Waals surface area (Å²) in [5.74, 6) is 0. The van der Waals surface area contributed by atoms with E-state index in [0.717, 1.165) is 16.6 Å². The van der Waals surface area contributed by atoms with Crippen LogP contribution in [0.15, 0.2) is 23.2 Å². The van der Waals surface area contributed by atoms with E-state index in [4.69, 9.17) is 4.84 Å². The van der Waals surface area contributed by atoms with Gasteiger partial charge in [0.25, 0.3) is 5.52 Å². The number of fused-ring (bicyclic) bond motifs is 1. The first-order valence-corrected chi connectivity index (χ1v) is 8.36. The third-order valence-electron chi connectivity index (χ3n) is 2.43. The van der Waals surface area contributed by atoms with Crippen molar-refractivity contribution in [1.82, 2.24) is 15.2 Å². The van der Waals surface area contributed by atoms with E-state index in [9.17, 15) is 25.2 Å². The summed E-state index contributed by atoms with van der Waals surface area (Å²) in [4.78, 5) is 12.9. The van der Waals surface area contributed by atoms with E-state index in [1.165, 1.54) is 4.85 Å². The minimum absolute atomic E-state index is 0.502. The van der Waals surface area contributed by atoms with Crippen molar-refractivity contribution in [1.29, 1.82) is 0 Å². The summed E-state index contributed by atoms with van der Waals surface area (Å²) < 4.78 is 59.2. The van der Waals surface area contributed by atoms with Crippen molar-refractivity contribution in [2.24, 2.45) is 4.99 Å². The van der Waals surface area contributed by atoms with Gasteiger partial charge in [0, 0.05) is 36.7 Å². The van der Waals surface area contributed by atoms with E-state index >= 15 is 0 Å². The fourth-order valence-corrected chi connectivity index (χ4v) is 1.58. The Labute approximate surface area is 132 Å². The van der Waals surface area contributed by atoms with Crippen molar-refractivity contribution in [3.8, 4) is 0 Å². The second-order valence-corrected chi connectivity index (χ2v) is 6.82. The van der Waals surface area contributed by atoms with Crippen molar-refractivity contribution >= 4 is 24.9 Å². The first kappa shape index (κ1) is 19.9. The molecule has 1 heterocycles. The van der Waals surface area contributed by atoms with Crippen LogP contribution in [0.2, 0.25) is 0 Å². The molecule has 0 aliphatic heterocycles. The van der Waals surface area contributed by atoms with Crippen molar-refractivity contribution < 1.29 is 34.9 Å². The Balaban J connectivity index is 0.000000351. The van der Waals surface area contributed by atoms with Crippen LogP contribution in [0.1, 0.15) is 5.56 Å². The van der Waals surface area contributed by atoms with Crippen molar-refractivity contribution in [2.45, 2.75) is 6.92 Å². The van der Waals surface area contributed by atoms with Gasteiger partial charge in [-0.05, 0) is 18.2 Å². The number of benzene rings is 1. The second-order valence-electron chi connectivity index (χ2n) is 4.90. The van der Waals surface area contributed by atoms with Crippen LogP contribution >= 0.6 is 7.81 Å². The minimum atomic E-state index is -10.7. The Morgan fingerprint density at radius 2 is 1.75 bits per heavy atom. The zero-order valence-corrected chi connectivity index (χ0v) is 14.0. The van der Waals surface area contributed by atoms with Gasteiger partial charge in [-0.3, -0.25) is 0 Å². The number of hydrogen-bond acceptors (Lipinski definition) is 3. The Bertz CT molecular complexity index is 744. The van der Waals surface area contributed by atoms with E-state index in [0.29, 0.717) is 6.02 Å². The van der Waals surface area contributed by atoms with E-state index in [1.807, 2.05) is 39.2 Å². The van der Waals surface area contributed by atoms with Crippen LogP contribution in [0, 0.1) is 6.92 Å². The summed E-state index contributed by atoms with van der Waals surface area (Å²) in [7, 11) is -5.24. The first-order chi connectivity index (χ1) is 10.6. The molecule has 1 aromatic heterocycles. The third kappa shape index (κ3) is 7.44. The SMILES string of the molecule is CN=C(O[n+]1[nH]nc2c(C)cccc21)N(C)C.F[P-](F)(F)(F)(F)F. The molecule has 1 aromatic carbocycles.